The molecule has 0 spiro atoms. The molecule has 0 aliphatic carbocycles. The van der Waals surface area contributed by atoms with Crippen molar-refractivity contribution in [1.29, 1.82) is 0 Å². The summed E-state index contributed by atoms with van der Waals surface area (Å²) in [5, 5.41) is 0. The molecule has 1 aliphatic rings. The molecule has 0 atom stereocenters. The van der Waals surface area contributed by atoms with Crippen LogP contribution >= 0.6 is 12.6 Å². The van der Waals surface area contributed by atoms with Crippen molar-refractivity contribution >= 4 is 24.2 Å². The van der Waals surface area contributed by atoms with Gasteiger partial charge >= 0.3 is 0 Å². The fourth-order valence-electron chi connectivity index (χ4n) is 3.66. The minimum Gasteiger partial charge on any atom is -0.308 e. The quantitative estimate of drug-likeness (QED) is 0.597. The van der Waals surface area contributed by atoms with Gasteiger partial charge in [0, 0.05) is 29.1 Å². The van der Waals surface area contributed by atoms with E-state index in [1.54, 1.807) is 0 Å². The summed E-state index contributed by atoms with van der Waals surface area (Å²) in [6.07, 6.45) is 0.759. The number of carbonyl (C=O) groups is 1. The van der Waals surface area contributed by atoms with E-state index in [-0.39, 0.29) is 5.91 Å². The Labute approximate surface area is 159 Å². The van der Waals surface area contributed by atoms with Gasteiger partial charge in [-0.2, -0.15) is 0 Å². The lowest BCUT2D eigenvalue weighted by Gasteiger charge is -2.22. The number of fused-ring (bicyclic) bond motifs is 2. The number of thiol groups is 1. The smallest absolute Gasteiger partial charge is 0.258 e. The molecule has 0 radical (unpaired) electrons. The van der Waals surface area contributed by atoms with Crippen molar-refractivity contribution in [1.82, 2.24) is 0 Å². The molecule has 0 unspecified atom stereocenters. The second kappa shape index (κ2) is 6.65. The highest BCUT2D eigenvalue weighted by Crippen LogP contribution is 2.34. The maximum absolute atomic E-state index is 13.3. The first kappa shape index (κ1) is 16.9. The van der Waals surface area contributed by atoms with Gasteiger partial charge in [-0.25, -0.2) is 0 Å². The number of hydrogen-bond acceptors (Lipinski definition) is 2. The number of hydrogen-bond donors (Lipinski definition) is 1. The minimum absolute atomic E-state index is 0.0645. The van der Waals surface area contributed by atoms with Crippen molar-refractivity contribution in [3.05, 3.63) is 82.9 Å². The van der Waals surface area contributed by atoms with Crippen LogP contribution < -0.4 is 4.90 Å². The third-order valence-electron chi connectivity index (χ3n) is 4.99. The second-order valence-electron chi connectivity index (χ2n) is 6.78. The van der Waals surface area contributed by atoms with Gasteiger partial charge in [0.05, 0.1) is 0 Å². The van der Waals surface area contributed by atoms with E-state index >= 15 is 0 Å². The third-order valence-corrected chi connectivity index (χ3v) is 5.27. The highest BCUT2D eigenvalue weighted by Gasteiger charge is 2.26. The Hall–Kier alpha value is -2.52. The highest BCUT2D eigenvalue weighted by molar-refractivity contribution is 7.80. The van der Waals surface area contributed by atoms with Gasteiger partial charge < -0.3 is 4.90 Å². The van der Waals surface area contributed by atoms with Gasteiger partial charge in [0.15, 0.2) is 0 Å². The maximum Gasteiger partial charge on any atom is 0.258 e. The molecule has 4 rings (SSSR count). The summed E-state index contributed by atoms with van der Waals surface area (Å²) >= 11 is 4.46. The first-order valence-electron chi connectivity index (χ1n) is 8.90. The van der Waals surface area contributed by atoms with E-state index in [9.17, 15) is 4.79 Å². The Balaban J connectivity index is 1.86. The topological polar surface area (TPSA) is 20.3 Å². The number of anilines is 1. The van der Waals surface area contributed by atoms with Crippen molar-refractivity contribution in [3.8, 4) is 11.1 Å². The Morgan fingerprint density at radius 3 is 2.50 bits per heavy atom. The molecule has 0 bridgehead atoms. The van der Waals surface area contributed by atoms with Gasteiger partial charge in [0.25, 0.3) is 5.91 Å². The molecule has 1 amide bonds. The van der Waals surface area contributed by atoms with E-state index in [4.69, 9.17) is 0 Å². The largest absolute Gasteiger partial charge is 0.308 e. The fourth-order valence-corrected chi connectivity index (χ4v) is 3.86. The van der Waals surface area contributed by atoms with E-state index in [0.717, 1.165) is 39.3 Å². The van der Waals surface area contributed by atoms with Crippen molar-refractivity contribution in [3.63, 3.8) is 0 Å². The number of amides is 1. The molecule has 130 valence electrons. The van der Waals surface area contributed by atoms with E-state index in [2.05, 4.69) is 62.0 Å². The van der Waals surface area contributed by atoms with Gasteiger partial charge in [-0.05, 0) is 54.3 Å². The molecule has 0 saturated heterocycles. The molecule has 0 N–H and O–H groups in total. The molecule has 2 nitrogen and oxygen atoms in total. The molecule has 3 aromatic rings. The standard InChI is InChI=1S/C23H21NOS/c1-3-24-22-14-20(26)10-9-19(22)12-18-8-7-17(13-21(18)23(24)25)16-6-4-5-15(2)11-16/h4-11,13-14,26H,3,12H2,1-2H3. The van der Waals surface area contributed by atoms with E-state index in [0.29, 0.717) is 6.54 Å². The molecule has 26 heavy (non-hydrogen) atoms. The van der Waals surface area contributed by atoms with Crippen molar-refractivity contribution < 1.29 is 4.79 Å². The van der Waals surface area contributed by atoms with E-state index in [1.165, 1.54) is 11.1 Å². The number of carbonyl (C=O) groups excluding carboxylic acids is 1. The van der Waals surface area contributed by atoms with Gasteiger partial charge in [0.1, 0.15) is 0 Å². The first-order chi connectivity index (χ1) is 12.6. The molecule has 3 heteroatoms. The predicted molar refractivity (Wildman–Crippen MR) is 110 cm³/mol. The summed E-state index contributed by atoms with van der Waals surface area (Å²) in [6, 6.07) is 20.7. The molecule has 0 saturated carbocycles. The van der Waals surface area contributed by atoms with Gasteiger partial charge in [-0.1, -0.05) is 48.0 Å². The molecule has 1 heterocycles. The molecular weight excluding hydrogens is 338 g/mol. The SMILES string of the molecule is CCN1C(=O)c2cc(-c3cccc(C)c3)ccc2Cc2ccc(S)cc21. The Morgan fingerprint density at radius 1 is 0.962 bits per heavy atom. The second-order valence-corrected chi connectivity index (χ2v) is 7.30. The van der Waals surface area contributed by atoms with Crippen molar-refractivity contribution in [2.75, 3.05) is 11.4 Å². The monoisotopic (exact) mass is 359 g/mol. The van der Waals surface area contributed by atoms with Gasteiger partial charge in [0.2, 0.25) is 0 Å². The number of nitrogens with zero attached hydrogens (tertiary/aromatic N) is 1. The summed E-state index contributed by atoms with van der Waals surface area (Å²) in [6.45, 7) is 4.74. The van der Waals surface area contributed by atoms with Gasteiger partial charge in [-0.15, -0.1) is 12.6 Å². The zero-order chi connectivity index (χ0) is 18.3. The Bertz CT molecular complexity index is 1010. The average molecular weight is 359 g/mol. The van der Waals surface area contributed by atoms with Crippen LogP contribution in [0.2, 0.25) is 0 Å². The zero-order valence-corrected chi connectivity index (χ0v) is 15.9. The van der Waals surface area contributed by atoms with Crippen LogP contribution in [0.1, 0.15) is 34.0 Å². The summed E-state index contributed by atoms with van der Waals surface area (Å²) < 4.78 is 0. The lowest BCUT2D eigenvalue weighted by atomic mass is 9.95. The summed E-state index contributed by atoms with van der Waals surface area (Å²) in [5.41, 5.74) is 7.45. The van der Waals surface area contributed by atoms with Gasteiger partial charge in [-0.3, -0.25) is 4.79 Å². The summed E-state index contributed by atoms with van der Waals surface area (Å²) in [5.74, 6) is 0.0645. The number of aryl methyl sites for hydroxylation is 1. The minimum atomic E-state index is 0.0645. The molecule has 1 aliphatic heterocycles. The molecule has 3 aromatic carbocycles. The summed E-state index contributed by atoms with van der Waals surface area (Å²) in [7, 11) is 0. The molecule has 0 fully saturated rings. The van der Waals surface area contributed by atoms with Crippen LogP contribution in [0.4, 0.5) is 5.69 Å². The number of benzene rings is 3. The fraction of sp³-hybridized carbons (Fsp3) is 0.174. The summed E-state index contributed by atoms with van der Waals surface area (Å²) in [4.78, 5) is 16.0. The molecule has 0 aromatic heterocycles. The van der Waals surface area contributed by atoms with E-state index in [1.807, 2.05) is 30.0 Å². The predicted octanol–water partition coefficient (Wildman–Crippen LogP) is 5.52. The molecular formula is C23H21NOS. The van der Waals surface area contributed by atoms with Crippen LogP contribution in [0.15, 0.2) is 65.6 Å². The average Bonchev–Trinajstić information content (AvgIpc) is 2.75. The van der Waals surface area contributed by atoms with Crippen LogP contribution in [-0.2, 0) is 6.42 Å². The van der Waals surface area contributed by atoms with E-state index < -0.39 is 0 Å². The maximum atomic E-state index is 13.3. The Kier molecular flexibility index (Phi) is 4.33. The third kappa shape index (κ3) is 2.93. The van der Waals surface area contributed by atoms with Crippen molar-refractivity contribution in [2.45, 2.75) is 25.2 Å². The van der Waals surface area contributed by atoms with Crippen LogP contribution in [0.3, 0.4) is 0 Å². The lowest BCUT2D eigenvalue weighted by Crippen LogP contribution is -2.30. The Morgan fingerprint density at radius 2 is 1.73 bits per heavy atom. The van der Waals surface area contributed by atoms with Crippen LogP contribution in [0, 0.1) is 6.92 Å². The highest BCUT2D eigenvalue weighted by atomic mass is 32.1. The zero-order valence-electron chi connectivity index (χ0n) is 15.0. The van der Waals surface area contributed by atoms with Crippen LogP contribution in [-0.4, -0.2) is 12.5 Å². The first-order valence-corrected chi connectivity index (χ1v) is 9.35. The number of rotatable bonds is 2. The van der Waals surface area contributed by atoms with Crippen LogP contribution in [0.25, 0.3) is 11.1 Å². The van der Waals surface area contributed by atoms with Crippen molar-refractivity contribution in [2.24, 2.45) is 0 Å². The lowest BCUT2D eigenvalue weighted by molar-refractivity contribution is 0.0988. The van der Waals surface area contributed by atoms with Crippen LogP contribution in [0.5, 0.6) is 0 Å². The normalized spacial score (nSPS) is 13.2.